The molecule has 1 N–H and O–H groups in total. The van der Waals surface area contributed by atoms with Crippen molar-refractivity contribution in [3.05, 3.63) is 29.3 Å². The Bertz CT molecular complexity index is 537. The Balaban J connectivity index is 1.78. The molecule has 1 aliphatic carbocycles. The highest BCUT2D eigenvalue weighted by molar-refractivity contribution is 5.84. The third kappa shape index (κ3) is 4.77. The van der Waals surface area contributed by atoms with Gasteiger partial charge in [-0.2, -0.15) is 0 Å². The number of rotatable bonds is 6. The molecule has 0 aromatic heterocycles. The molecule has 114 valence electrons. The van der Waals surface area contributed by atoms with Crippen LogP contribution in [-0.2, 0) is 14.3 Å². The maximum Gasteiger partial charge on any atom is 0.344 e. The zero-order valence-electron chi connectivity index (χ0n) is 12.6. The van der Waals surface area contributed by atoms with E-state index in [0.717, 1.165) is 24.0 Å². The van der Waals surface area contributed by atoms with Crippen molar-refractivity contribution in [1.29, 1.82) is 0 Å². The summed E-state index contributed by atoms with van der Waals surface area (Å²) in [7, 11) is 0. The third-order valence-corrected chi connectivity index (χ3v) is 3.29. The normalized spacial score (nSPS) is 15.2. The van der Waals surface area contributed by atoms with Crippen LogP contribution < -0.4 is 10.1 Å². The molecule has 1 aromatic carbocycles. The van der Waals surface area contributed by atoms with Crippen molar-refractivity contribution < 1.29 is 19.1 Å². The highest BCUT2D eigenvalue weighted by Gasteiger charge is 2.27. The number of benzene rings is 1. The van der Waals surface area contributed by atoms with Gasteiger partial charge < -0.3 is 14.8 Å². The molecule has 1 aliphatic rings. The summed E-state index contributed by atoms with van der Waals surface area (Å²) in [5.74, 6) is -0.144. The Labute approximate surface area is 124 Å². The van der Waals surface area contributed by atoms with Crippen molar-refractivity contribution in [2.24, 2.45) is 0 Å². The molecule has 0 aliphatic heterocycles. The lowest BCUT2D eigenvalue weighted by atomic mass is 10.1. The molecule has 5 nitrogen and oxygen atoms in total. The lowest BCUT2D eigenvalue weighted by molar-refractivity contribution is -0.156. The van der Waals surface area contributed by atoms with E-state index in [0.29, 0.717) is 5.75 Å². The topological polar surface area (TPSA) is 64.6 Å². The molecule has 0 radical (unpaired) electrons. The van der Waals surface area contributed by atoms with Gasteiger partial charge in [-0.05, 0) is 50.8 Å². The molecule has 0 saturated heterocycles. The average Bonchev–Trinajstić information content (AvgIpc) is 3.23. The molecule has 2 rings (SSSR count). The third-order valence-electron chi connectivity index (χ3n) is 3.29. The van der Waals surface area contributed by atoms with Crippen molar-refractivity contribution in [2.45, 2.75) is 45.8 Å². The summed E-state index contributed by atoms with van der Waals surface area (Å²) in [4.78, 5) is 23.4. The molecule has 1 aromatic rings. The largest absolute Gasteiger partial charge is 0.482 e. The zero-order valence-corrected chi connectivity index (χ0v) is 12.6. The fourth-order valence-electron chi connectivity index (χ4n) is 1.83. The smallest absolute Gasteiger partial charge is 0.344 e. The number of ether oxygens (including phenoxy) is 2. The molecule has 0 heterocycles. The molecule has 0 unspecified atom stereocenters. The Morgan fingerprint density at radius 3 is 2.71 bits per heavy atom. The van der Waals surface area contributed by atoms with Crippen LogP contribution >= 0.6 is 0 Å². The summed E-state index contributed by atoms with van der Waals surface area (Å²) in [6, 6.07) is 6.03. The fourth-order valence-corrected chi connectivity index (χ4v) is 1.83. The second-order valence-corrected chi connectivity index (χ2v) is 5.47. The van der Waals surface area contributed by atoms with Gasteiger partial charge in [0.1, 0.15) is 5.75 Å². The van der Waals surface area contributed by atoms with Crippen molar-refractivity contribution in [3.8, 4) is 5.75 Å². The standard InChI is InChI=1S/C16H21NO4/c1-10-4-5-11(2)14(8-10)20-9-15(18)21-12(3)16(19)17-13-6-7-13/h4-5,8,12-13H,6-7,9H2,1-3H3,(H,17,19)/t12-/m0/s1. The summed E-state index contributed by atoms with van der Waals surface area (Å²) in [6.07, 6.45) is 1.21. The first kappa shape index (κ1) is 15.4. The zero-order chi connectivity index (χ0) is 15.4. The van der Waals surface area contributed by atoms with Crippen LogP contribution in [0.15, 0.2) is 18.2 Å². The SMILES string of the molecule is Cc1ccc(C)c(OCC(=O)O[C@@H](C)C(=O)NC2CC2)c1. The first-order valence-corrected chi connectivity index (χ1v) is 7.15. The van der Waals surface area contributed by atoms with Crippen LogP contribution in [0.2, 0.25) is 0 Å². The van der Waals surface area contributed by atoms with Crippen LogP contribution in [0.1, 0.15) is 30.9 Å². The molecular weight excluding hydrogens is 270 g/mol. The lowest BCUT2D eigenvalue weighted by Crippen LogP contribution is -2.37. The number of esters is 1. The molecular formula is C16H21NO4. The van der Waals surface area contributed by atoms with Gasteiger partial charge in [0, 0.05) is 6.04 Å². The predicted molar refractivity (Wildman–Crippen MR) is 78.1 cm³/mol. The van der Waals surface area contributed by atoms with E-state index in [4.69, 9.17) is 9.47 Å². The van der Waals surface area contributed by atoms with Crippen molar-refractivity contribution >= 4 is 11.9 Å². The number of amides is 1. The van der Waals surface area contributed by atoms with Crippen LogP contribution in [0.25, 0.3) is 0 Å². The second kappa shape index (κ2) is 6.61. The molecule has 0 bridgehead atoms. The number of carbonyl (C=O) groups is 2. The van der Waals surface area contributed by atoms with Crippen molar-refractivity contribution in [2.75, 3.05) is 6.61 Å². The van der Waals surface area contributed by atoms with Gasteiger partial charge in [-0.15, -0.1) is 0 Å². The van der Waals surface area contributed by atoms with Crippen LogP contribution in [-0.4, -0.2) is 30.6 Å². The first-order chi connectivity index (χ1) is 9.95. The maximum absolute atomic E-state index is 11.7. The Morgan fingerprint density at radius 2 is 2.05 bits per heavy atom. The molecule has 1 atom stereocenters. The van der Waals surface area contributed by atoms with E-state index in [9.17, 15) is 9.59 Å². The van der Waals surface area contributed by atoms with Gasteiger partial charge >= 0.3 is 5.97 Å². The van der Waals surface area contributed by atoms with Gasteiger partial charge in [0.05, 0.1) is 0 Å². The molecule has 1 fully saturated rings. The average molecular weight is 291 g/mol. The van der Waals surface area contributed by atoms with Gasteiger partial charge in [0.15, 0.2) is 12.7 Å². The van der Waals surface area contributed by atoms with Gasteiger partial charge in [-0.25, -0.2) is 4.79 Å². The Hall–Kier alpha value is -2.04. The second-order valence-electron chi connectivity index (χ2n) is 5.47. The maximum atomic E-state index is 11.7. The number of nitrogens with one attached hydrogen (secondary N) is 1. The van der Waals surface area contributed by atoms with E-state index in [1.165, 1.54) is 0 Å². The van der Waals surface area contributed by atoms with E-state index in [2.05, 4.69) is 5.32 Å². The predicted octanol–water partition coefficient (Wildman–Crippen LogP) is 1.89. The quantitative estimate of drug-likeness (QED) is 0.813. The van der Waals surface area contributed by atoms with Gasteiger partial charge in [0.2, 0.25) is 0 Å². The summed E-state index contributed by atoms with van der Waals surface area (Å²) >= 11 is 0. The minimum atomic E-state index is -0.791. The van der Waals surface area contributed by atoms with Gasteiger partial charge in [-0.3, -0.25) is 4.79 Å². The molecule has 1 amide bonds. The fraction of sp³-hybridized carbons (Fsp3) is 0.500. The van der Waals surface area contributed by atoms with E-state index < -0.39 is 12.1 Å². The van der Waals surface area contributed by atoms with Crippen LogP contribution in [0, 0.1) is 13.8 Å². The first-order valence-electron chi connectivity index (χ1n) is 7.15. The summed E-state index contributed by atoms with van der Waals surface area (Å²) in [5, 5.41) is 2.79. The van der Waals surface area contributed by atoms with Crippen molar-refractivity contribution in [1.82, 2.24) is 5.32 Å². The molecule has 1 saturated carbocycles. The number of hydrogen-bond donors (Lipinski definition) is 1. The van der Waals surface area contributed by atoms with E-state index >= 15 is 0 Å². The summed E-state index contributed by atoms with van der Waals surface area (Å²) in [5.41, 5.74) is 2.01. The molecule has 0 spiro atoms. The van der Waals surface area contributed by atoms with E-state index in [1.54, 1.807) is 6.92 Å². The van der Waals surface area contributed by atoms with Crippen molar-refractivity contribution in [3.63, 3.8) is 0 Å². The number of carbonyl (C=O) groups excluding carboxylic acids is 2. The molecule has 5 heteroatoms. The lowest BCUT2D eigenvalue weighted by Gasteiger charge is -2.14. The number of hydrogen-bond acceptors (Lipinski definition) is 4. The monoisotopic (exact) mass is 291 g/mol. The van der Waals surface area contributed by atoms with Crippen LogP contribution in [0.3, 0.4) is 0 Å². The Morgan fingerprint density at radius 1 is 1.33 bits per heavy atom. The summed E-state index contributed by atoms with van der Waals surface area (Å²) in [6.45, 7) is 5.22. The van der Waals surface area contributed by atoms with Crippen LogP contribution in [0.4, 0.5) is 0 Å². The van der Waals surface area contributed by atoms with E-state index in [1.807, 2.05) is 32.0 Å². The minimum absolute atomic E-state index is 0.203. The van der Waals surface area contributed by atoms with Gasteiger partial charge in [-0.1, -0.05) is 12.1 Å². The molecule has 21 heavy (non-hydrogen) atoms. The minimum Gasteiger partial charge on any atom is -0.482 e. The highest BCUT2D eigenvalue weighted by atomic mass is 16.6. The van der Waals surface area contributed by atoms with Gasteiger partial charge in [0.25, 0.3) is 5.91 Å². The van der Waals surface area contributed by atoms with E-state index in [-0.39, 0.29) is 18.6 Å². The highest BCUT2D eigenvalue weighted by Crippen LogP contribution is 2.20. The Kier molecular flexibility index (Phi) is 4.83. The van der Waals surface area contributed by atoms with Crippen LogP contribution in [0.5, 0.6) is 5.75 Å². The summed E-state index contributed by atoms with van der Waals surface area (Å²) < 4.78 is 10.5. The number of aryl methyl sites for hydroxylation is 2.